The van der Waals surface area contributed by atoms with E-state index in [1.54, 1.807) is 24.1 Å². The Kier molecular flexibility index (Phi) is 5.95. The van der Waals surface area contributed by atoms with Gasteiger partial charge >= 0.3 is 6.03 Å². The van der Waals surface area contributed by atoms with Gasteiger partial charge in [-0.15, -0.1) is 0 Å². The number of amides is 2. The van der Waals surface area contributed by atoms with E-state index in [0.717, 1.165) is 25.0 Å². The number of rotatable bonds is 4. The molecule has 2 amide bonds. The molecule has 1 N–H and O–H groups in total. The molecule has 0 saturated carbocycles. The summed E-state index contributed by atoms with van der Waals surface area (Å²) in [6.07, 6.45) is 2.15. The summed E-state index contributed by atoms with van der Waals surface area (Å²) in [5.74, 6) is 0. The Labute approximate surface area is 141 Å². The molecule has 0 aliphatic carbocycles. The molecule has 0 bridgehead atoms. The zero-order chi connectivity index (χ0) is 16.3. The third-order valence-electron chi connectivity index (χ3n) is 4.19. The summed E-state index contributed by atoms with van der Waals surface area (Å²) in [5, 5.41) is 4.14. The van der Waals surface area contributed by atoms with Crippen molar-refractivity contribution >= 4 is 29.2 Å². The Morgan fingerprint density at radius 3 is 2.73 bits per heavy atom. The summed E-state index contributed by atoms with van der Waals surface area (Å²) >= 11 is 12.1. The highest BCUT2D eigenvalue weighted by Gasteiger charge is 2.26. The van der Waals surface area contributed by atoms with Crippen LogP contribution in [0, 0.1) is 0 Å². The van der Waals surface area contributed by atoms with E-state index in [9.17, 15) is 4.79 Å². The quantitative estimate of drug-likeness (QED) is 0.886. The molecule has 3 atom stereocenters. The topological polar surface area (TPSA) is 41.6 Å². The number of halogens is 2. The van der Waals surface area contributed by atoms with E-state index in [4.69, 9.17) is 27.9 Å². The second-order valence-electron chi connectivity index (χ2n) is 5.74. The number of nitrogens with one attached hydrogen (secondary N) is 1. The van der Waals surface area contributed by atoms with Crippen molar-refractivity contribution in [2.24, 2.45) is 0 Å². The van der Waals surface area contributed by atoms with Gasteiger partial charge in [0.05, 0.1) is 18.2 Å². The van der Waals surface area contributed by atoms with Gasteiger partial charge in [-0.05, 0) is 44.4 Å². The van der Waals surface area contributed by atoms with E-state index in [1.807, 2.05) is 19.9 Å². The number of urea groups is 1. The van der Waals surface area contributed by atoms with Crippen molar-refractivity contribution in [1.29, 1.82) is 0 Å². The van der Waals surface area contributed by atoms with Crippen LogP contribution in [0.25, 0.3) is 0 Å². The molecule has 0 radical (unpaired) electrons. The van der Waals surface area contributed by atoms with Crippen LogP contribution in [0.3, 0.4) is 0 Å². The lowest BCUT2D eigenvalue weighted by Gasteiger charge is -2.29. The Hall–Kier alpha value is -0.970. The number of benzene rings is 1. The minimum Gasteiger partial charge on any atom is -0.376 e. The highest BCUT2D eigenvalue weighted by molar-refractivity contribution is 6.35. The molecule has 22 heavy (non-hydrogen) atoms. The van der Waals surface area contributed by atoms with Crippen LogP contribution in [-0.2, 0) is 4.74 Å². The fourth-order valence-corrected chi connectivity index (χ4v) is 3.18. The van der Waals surface area contributed by atoms with Gasteiger partial charge in [0.2, 0.25) is 0 Å². The molecule has 2 rings (SSSR count). The normalized spacial score (nSPS) is 20.5. The summed E-state index contributed by atoms with van der Waals surface area (Å²) in [6, 6.07) is 5.02. The molecule has 1 aromatic carbocycles. The first kappa shape index (κ1) is 17.4. The molecule has 1 aliphatic heterocycles. The highest BCUT2D eigenvalue weighted by Crippen LogP contribution is 2.29. The van der Waals surface area contributed by atoms with Crippen LogP contribution in [0.2, 0.25) is 10.0 Å². The van der Waals surface area contributed by atoms with Crippen molar-refractivity contribution in [3.05, 3.63) is 33.8 Å². The molecule has 122 valence electrons. The second kappa shape index (κ2) is 7.53. The summed E-state index contributed by atoms with van der Waals surface area (Å²) in [4.78, 5) is 14.0. The van der Waals surface area contributed by atoms with Crippen LogP contribution in [0.5, 0.6) is 0 Å². The minimum atomic E-state index is -0.151. The summed E-state index contributed by atoms with van der Waals surface area (Å²) in [5.41, 5.74) is 0.869. The predicted molar refractivity (Wildman–Crippen MR) is 89.6 cm³/mol. The Bertz CT molecular complexity index is 533. The Morgan fingerprint density at radius 2 is 2.14 bits per heavy atom. The lowest BCUT2D eigenvalue weighted by Crippen LogP contribution is -2.47. The standard InChI is InChI=1S/C16H22Cl2N2O2/c1-10(15-5-4-8-22-15)19-16(21)20(3)11(2)13-7-6-12(17)9-14(13)18/h6-7,9-11,15H,4-5,8H2,1-3H3,(H,19,21)/t10-,11+,15+/m0/s1. The van der Waals surface area contributed by atoms with E-state index in [0.29, 0.717) is 10.0 Å². The smallest absolute Gasteiger partial charge is 0.317 e. The number of ether oxygens (including phenoxy) is 1. The number of nitrogens with zero attached hydrogens (tertiary/aromatic N) is 1. The van der Waals surface area contributed by atoms with Crippen LogP contribution in [0.4, 0.5) is 4.79 Å². The number of hydrogen-bond acceptors (Lipinski definition) is 2. The summed E-state index contributed by atoms with van der Waals surface area (Å²) in [7, 11) is 1.76. The van der Waals surface area contributed by atoms with Crippen molar-refractivity contribution in [1.82, 2.24) is 10.2 Å². The average Bonchev–Trinajstić information content (AvgIpc) is 3.00. The van der Waals surface area contributed by atoms with Crippen molar-refractivity contribution in [2.75, 3.05) is 13.7 Å². The zero-order valence-corrected chi connectivity index (χ0v) is 14.6. The van der Waals surface area contributed by atoms with Crippen molar-refractivity contribution in [3.63, 3.8) is 0 Å². The predicted octanol–water partition coefficient (Wildman–Crippen LogP) is 4.26. The van der Waals surface area contributed by atoms with E-state index < -0.39 is 0 Å². The second-order valence-corrected chi connectivity index (χ2v) is 6.59. The van der Waals surface area contributed by atoms with Gasteiger partial charge in [0.1, 0.15) is 0 Å². The van der Waals surface area contributed by atoms with Gasteiger partial charge in [-0.2, -0.15) is 0 Å². The molecule has 4 nitrogen and oxygen atoms in total. The van der Waals surface area contributed by atoms with E-state index in [-0.39, 0.29) is 24.2 Å². The Morgan fingerprint density at radius 1 is 1.41 bits per heavy atom. The lowest BCUT2D eigenvalue weighted by molar-refractivity contribution is 0.0830. The van der Waals surface area contributed by atoms with Gasteiger partial charge in [-0.3, -0.25) is 0 Å². The lowest BCUT2D eigenvalue weighted by atomic mass is 10.1. The van der Waals surface area contributed by atoms with Gasteiger partial charge in [0.25, 0.3) is 0 Å². The number of carbonyl (C=O) groups excluding carboxylic acids is 1. The minimum absolute atomic E-state index is 0.00894. The van der Waals surface area contributed by atoms with Gasteiger partial charge < -0.3 is 15.0 Å². The first-order chi connectivity index (χ1) is 10.4. The largest absolute Gasteiger partial charge is 0.376 e. The average molecular weight is 345 g/mol. The first-order valence-corrected chi connectivity index (χ1v) is 8.25. The Balaban J connectivity index is 1.99. The van der Waals surface area contributed by atoms with E-state index >= 15 is 0 Å². The van der Waals surface area contributed by atoms with Gasteiger partial charge in [0, 0.05) is 23.7 Å². The van der Waals surface area contributed by atoms with Gasteiger partial charge in [0.15, 0.2) is 0 Å². The fourth-order valence-electron chi connectivity index (χ4n) is 2.61. The summed E-state index contributed by atoms with van der Waals surface area (Å²) < 4.78 is 5.60. The summed E-state index contributed by atoms with van der Waals surface area (Å²) in [6.45, 7) is 4.69. The molecule has 1 saturated heterocycles. The fraction of sp³-hybridized carbons (Fsp3) is 0.562. The van der Waals surface area contributed by atoms with Crippen molar-refractivity contribution in [3.8, 4) is 0 Å². The number of hydrogen-bond donors (Lipinski definition) is 1. The molecule has 1 heterocycles. The third kappa shape index (κ3) is 4.06. The zero-order valence-electron chi connectivity index (χ0n) is 13.1. The number of carbonyl (C=O) groups is 1. The van der Waals surface area contributed by atoms with Crippen molar-refractivity contribution < 1.29 is 9.53 Å². The van der Waals surface area contributed by atoms with E-state index in [1.165, 1.54) is 0 Å². The molecular weight excluding hydrogens is 323 g/mol. The molecule has 0 aromatic heterocycles. The van der Waals surface area contributed by atoms with Crippen LogP contribution < -0.4 is 5.32 Å². The molecule has 0 spiro atoms. The van der Waals surface area contributed by atoms with Crippen LogP contribution in [0.15, 0.2) is 18.2 Å². The SMILES string of the molecule is C[C@H](NC(=O)N(C)[C@H](C)c1ccc(Cl)cc1Cl)[C@H]1CCCO1. The molecule has 0 unspecified atom stereocenters. The van der Waals surface area contributed by atoms with E-state index in [2.05, 4.69) is 5.32 Å². The van der Waals surface area contributed by atoms with Crippen LogP contribution in [0.1, 0.15) is 38.3 Å². The van der Waals surface area contributed by atoms with Gasteiger partial charge in [-0.1, -0.05) is 29.3 Å². The van der Waals surface area contributed by atoms with Gasteiger partial charge in [-0.25, -0.2) is 4.79 Å². The monoisotopic (exact) mass is 344 g/mol. The maximum absolute atomic E-state index is 12.4. The van der Waals surface area contributed by atoms with Crippen LogP contribution >= 0.6 is 23.2 Å². The molecule has 1 aromatic rings. The first-order valence-electron chi connectivity index (χ1n) is 7.50. The highest BCUT2D eigenvalue weighted by atomic mass is 35.5. The maximum Gasteiger partial charge on any atom is 0.317 e. The molecule has 1 fully saturated rings. The molecule has 1 aliphatic rings. The molecular formula is C16H22Cl2N2O2. The van der Waals surface area contributed by atoms with Crippen LogP contribution in [-0.4, -0.2) is 36.7 Å². The third-order valence-corrected chi connectivity index (χ3v) is 4.75. The molecule has 6 heteroatoms. The van der Waals surface area contributed by atoms with Crippen molar-refractivity contribution in [2.45, 2.75) is 44.9 Å². The maximum atomic E-state index is 12.4.